The van der Waals surface area contributed by atoms with Gasteiger partial charge >= 0.3 is 0 Å². The maximum atomic E-state index is 13.3. The summed E-state index contributed by atoms with van der Waals surface area (Å²) in [5.74, 6) is 0.335. The van der Waals surface area contributed by atoms with E-state index in [-0.39, 0.29) is 11.6 Å². The number of nitrogens with zero attached hydrogens (tertiary/aromatic N) is 2. The van der Waals surface area contributed by atoms with Crippen molar-refractivity contribution in [3.8, 4) is 0 Å². The maximum Gasteiger partial charge on any atom is 0.177 e. The molecule has 0 spiro atoms. The molecule has 0 saturated heterocycles. The number of carbonyl (C=O) groups excluding carboxylic acids is 2. The van der Waals surface area contributed by atoms with Crippen molar-refractivity contribution in [3.63, 3.8) is 0 Å². The number of benzene rings is 2. The second-order valence-electron chi connectivity index (χ2n) is 10.4. The van der Waals surface area contributed by atoms with Crippen LogP contribution in [0, 0.1) is 0 Å². The zero-order valence-electron chi connectivity index (χ0n) is 21.2. The smallest absolute Gasteiger partial charge is 0.177 e. The Balaban J connectivity index is 1.99. The van der Waals surface area contributed by atoms with Gasteiger partial charge in [0.1, 0.15) is 0 Å². The average Bonchev–Trinajstić information content (AvgIpc) is 3.14. The molecule has 0 fully saturated rings. The van der Waals surface area contributed by atoms with Crippen LogP contribution in [0.4, 0.5) is 0 Å². The van der Waals surface area contributed by atoms with E-state index in [1.807, 2.05) is 18.2 Å². The first-order valence-corrected chi connectivity index (χ1v) is 12.2. The third kappa shape index (κ3) is 4.82. The molecule has 0 radical (unpaired) electrons. The summed E-state index contributed by atoms with van der Waals surface area (Å²) in [5.41, 5.74) is 4.01. The number of carbonyl (C=O) groups is 2. The summed E-state index contributed by atoms with van der Waals surface area (Å²) in [5, 5.41) is 2.15. The maximum absolute atomic E-state index is 13.3. The highest BCUT2D eigenvalue weighted by Gasteiger charge is 2.27. The number of rotatable bonds is 10. The molecular weight excluding hydrogens is 396 g/mol. The topological polar surface area (TPSA) is 40.6 Å². The van der Waals surface area contributed by atoms with Crippen LogP contribution in [-0.2, 0) is 12.8 Å². The Morgan fingerprint density at radius 3 is 1.66 bits per heavy atom. The Hall–Kier alpha value is -2.04. The van der Waals surface area contributed by atoms with Crippen LogP contribution < -0.4 is 0 Å². The quantitative estimate of drug-likeness (QED) is 0.459. The molecule has 0 aliphatic heterocycles. The van der Waals surface area contributed by atoms with Gasteiger partial charge in [0, 0.05) is 35.3 Å². The largest absolute Gasteiger partial charge is 0.293 e. The Kier molecular flexibility index (Phi) is 7.57. The highest BCUT2D eigenvalue weighted by Crippen LogP contribution is 2.36. The minimum Gasteiger partial charge on any atom is -0.293 e. The molecular formula is C28H40N2O2. The molecule has 1 aliphatic rings. The van der Waals surface area contributed by atoms with Crippen LogP contribution in [0.5, 0.6) is 0 Å². The van der Waals surface area contributed by atoms with Crippen molar-refractivity contribution < 1.29 is 9.59 Å². The van der Waals surface area contributed by atoms with Gasteiger partial charge in [-0.1, -0.05) is 24.3 Å². The molecule has 3 rings (SSSR count). The van der Waals surface area contributed by atoms with E-state index in [2.05, 4.69) is 71.3 Å². The van der Waals surface area contributed by atoms with Crippen molar-refractivity contribution in [2.75, 3.05) is 13.1 Å². The molecule has 1 aliphatic carbocycles. The van der Waals surface area contributed by atoms with Crippen LogP contribution in [0.25, 0.3) is 10.8 Å². The predicted molar refractivity (Wildman–Crippen MR) is 134 cm³/mol. The SMILES string of the molecule is CC(C)N(CC(=O)c1ccc2c(C(=O)CN(C(C)C)C(C)C)ccc3c2c1CC3)C(C)C. The number of Topliss-reactive ketones (excluding diaryl/α,β-unsaturated/α-hetero) is 2. The fourth-order valence-electron chi connectivity index (χ4n) is 5.25. The molecule has 2 aromatic carbocycles. The molecule has 0 aromatic heterocycles. The minimum atomic E-state index is 0.154. The zero-order chi connectivity index (χ0) is 23.7. The standard InChI is InChI=1S/C28H40N2O2/c1-17(2)29(18(3)4)15-26(31)22-11-9-21-10-12-24-23(13-14-25(22)28(21)24)27(32)16-30(19(5)6)20(7)8/h9,11,13-14,17-20H,10,12,15-16H2,1-8H3. The van der Waals surface area contributed by atoms with Crippen LogP contribution in [0.1, 0.15) is 87.2 Å². The van der Waals surface area contributed by atoms with E-state index in [0.29, 0.717) is 37.3 Å². The van der Waals surface area contributed by atoms with Gasteiger partial charge < -0.3 is 0 Å². The molecule has 32 heavy (non-hydrogen) atoms. The first-order chi connectivity index (χ1) is 15.0. The lowest BCUT2D eigenvalue weighted by Gasteiger charge is -2.30. The highest BCUT2D eigenvalue weighted by atomic mass is 16.1. The van der Waals surface area contributed by atoms with E-state index in [1.165, 1.54) is 5.56 Å². The van der Waals surface area contributed by atoms with Crippen molar-refractivity contribution >= 4 is 22.3 Å². The molecule has 4 heteroatoms. The predicted octanol–water partition coefficient (Wildman–Crippen LogP) is 5.54. The molecule has 4 nitrogen and oxygen atoms in total. The molecule has 0 unspecified atom stereocenters. The number of ketones is 2. The van der Waals surface area contributed by atoms with Gasteiger partial charge in [0.2, 0.25) is 0 Å². The normalized spacial score (nSPS) is 13.7. The summed E-state index contributed by atoms with van der Waals surface area (Å²) >= 11 is 0. The molecule has 0 atom stereocenters. The van der Waals surface area contributed by atoms with E-state index in [9.17, 15) is 9.59 Å². The van der Waals surface area contributed by atoms with Crippen LogP contribution in [0.15, 0.2) is 24.3 Å². The number of hydrogen-bond acceptors (Lipinski definition) is 4. The lowest BCUT2D eigenvalue weighted by Crippen LogP contribution is -2.41. The van der Waals surface area contributed by atoms with Gasteiger partial charge in [0.15, 0.2) is 11.6 Å². The monoisotopic (exact) mass is 436 g/mol. The third-order valence-corrected chi connectivity index (χ3v) is 6.93. The van der Waals surface area contributed by atoms with Gasteiger partial charge in [0.25, 0.3) is 0 Å². The highest BCUT2D eigenvalue weighted by molar-refractivity contribution is 6.13. The van der Waals surface area contributed by atoms with E-state index >= 15 is 0 Å². The lowest BCUT2D eigenvalue weighted by atomic mass is 9.93. The van der Waals surface area contributed by atoms with Gasteiger partial charge in [-0.15, -0.1) is 0 Å². The van der Waals surface area contributed by atoms with Crippen molar-refractivity contribution in [2.45, 2.75) is 92.4 Å². The van der Waals surface area contributed by atoms with E-state index in [0.717, 1.165) is 40.3 Å². The fourth-order valence-corrected chi connectivity index (χ4v) is 5.25. The molecule has 2 aromatic rings. The summed E-state index contributed by atoms with van der Waals surface area (Å²) in [6.45, 7) is 17.9. The Morgan fingerprint density at radius 1 is 0.688 bits per heavy atom. The summed E-state index contributed by atoms with van der Waals surface area (Å²) in [4.78, 5) is 31.1. The zero-order valence-corrected chi connectivity index (χ0v) is 21.2. The first-order valence-electron chi connectivity index (χ1n) is 12.2. The number of hydrogen-bond donors (Lipinski definition) is 0. The summed E-state index contributed by atoms with van der Waals surface area (Å²) < 4.78 is 0. The van der Waals surface area contributed by atoms with Gasteiger partial charge in [0.05, 0.1) is 13.1 Å². The second-order valence-corrected chi connectivity index (χ2v) is 10.4. The van der Waals surface area contributed by atoms with Crippen molar-refractivity contribution in [1.82, 2.24) is 9.80 Å². The molecule has 174 valence electrons. The summed E-state index contributed by atoms with van der Waals surface area (Å²) in [6.07, 6.45) is 1.81. The average molecular weight is 437 g/mol. The Morgan fingerprint density at radius 2 is 1.16 bits per heavy atom. The minimum absolute atomic E-state index is 0.154. The van der Waals surface area contributed by atoms with Gasteiger partial charge in [-0.05, 0) is 90.1 Å². The molecule has 0 saturated carbocycles. The molecule has 0 N–H and O–H groups in total. The van der Waals surface area contributed by atoms with Crippen molar-refractivity contribution in [3.05, 3.63) is 46.5 Å². The third-order valence-electron chi connectivity index (χ3n) is 6.93. The van der Waals surface area contributed by atoms with E-state index in [4.69, 9.17) is 0 Å². The second kappa shape index (κ2) is 9.84. The first kappa shape index (κ1) is 24.6. The fraction of sp³-hybridized carbons (Fsp3) is 0.571. The number of aryl methyl sites for hydroxylation is 2. The molecule has 0 bridgehead atoms. The van der Waals surface area contributed by atoms with Crippen LogP contribution in [-0.4, -0.2) is 58.6 Å². The van der Waals surface area contributed by atoms with Crippen LogP contribution >= 0.6 is 0 Å². The lowest BCUT2D eigenvalue weighted by molar-refractivity contribution is 0.0862. The Labute approximate surface area is 194 Å². The van der Waals surface area contributed by atoms with Gasteiger partial charge in [-0.2, -0.15) is 0 Å². The van der Waals surface area contributed by atoms with Crippen molar-refractivity contribution in [1.29, 1.82) is 0 Å². The van der Waals surface area contributed by atoms with Crippen LogP contribution in [0.3, 0.4) is 0 Å². The molecule has 0 amide bonds. The van der Waals surface area contributed by atoms with Crippen molar-refractivity contribution in [2.24, 2.45) is 0 Å². The summed E-state index contributed by atoms with van der Waals surface area (Å²) in [7, 11) is 0. The van der Waals surface area contributed by atoms with E-state index in [1.54, 1.807) is 0 Å². The Bertz CT molecular complexity index is 988. The van der Waals surface area contributed by atoms with E-state index < -0.39 is 0 Å². The molecule has 0 heterocycles. The van der Waals surface area contributed by atoms with Gasteiger partial charge in [-0.3, -0.25) is 19.4 Å². The summed E-state index contributed by atoms with van der Waals surface area (Å²) in [6, 6.07) is 9.33. The van der Waals surface area contributed by atoms with Gasteiger partial charge in [-0.25, -0.2) is 0 Å². The van der Waals surface area contributed by atoms with Crippen LogP contribution in [0.2, 0.25) is 0 Å².